The van der Waals surface area contributed by atoms with Gasteiger partial charge in [0.25, 0.3) is 5.56 Å². The van der Waals surface area contributed by atoms with Crippen molar-refractivity contribution in [2.75, 3.05) is 7.11 Å². The molecule has 0 atom stereocenters. The number of hydrogen-bond acceptors (Lipinski definition) is 8. The van der Waals surface area contributed by atoms with Crippen molar-refractivity contribution in [3.63, 3.8) is 0 Å². The highest BCUT2D eigenvalue weighted by atomic mass is 35.5. The summed E-state index contributed by atoms with van der Waals surface area (Å²) in [6, 6.07) is 26.5. The Balaban J connectivity index is 1.36. The number of rotatable bonds is 6. The number of aromatic nitrogens is 5. The molecule has 4 aromatic carbocycles. The molecule has 44 heavy (non-hydrogen) atoms. The number of thiazole rings is 1. The van der Waals surface area contributed by atoms with Crippen molar-refractivity contribution in [1.29, 1.82) is 0 Å². The molecule has 9 nitrogen and oxygen atoms in total. The van der Waals surface area contributed by atoms with E-state index in [2.05, 4.69) is 10.1 Å². The van der Waals surface area contributed by atoms with E-state index in [0.29, 0.717) is 42.8 Å². The number of fused-ring (bicyclic) bond motifs is 2. The van der Waals surface area contributed by atoms with Gasteiger partial charge in [-0.25, -0.2) is 4.68 Å². The fourth-order valence-corrected chi connectivity index (χ4v) is 6.12. The predicted molar refractivity (Wildman–Crippen MR) is 171 cm³/mol. The van der Waals surface area contributed by atoms with E-state index in [-0.39, 0.29) is 11.4 Å². The van der Waals surface area contributed by atoms with Crippen LogP contribution in [0, 0.1) is 0 Å². The van der Waals surface area contributed by atoms with Crippen LogP contribution in [0.2, 0.25) is 5.02 Å². The highest BCUT2D eigenvalue weighted by molar-refractivity contribution is 7.15. The number of benzene rings is 4. The molecule has 7 rings (SSSR count). The van der Waals surface area contributed by atoms with Crippen LogP contribution < -0.4 is 19.6 Å². The van der Waals surface area contributed by atoms with Crippen LogP contribution in [0.4, 0.5) is 0 Å². The summed E-state index contributed by atoms with van der Waals surface area (Å²) < 4.78 is 14.3. The standard InChI is InChI=1S/C33H22ClN5O4S/c1-19(40)43-28-16-21-9-7-6-8-20(21)14-25(28)31-35-33-39(37-31)32(41)29(44-33)17-23-18-38(24-10-4-3-5-11-24)36-30(23)22-12-13-27(42-2)26(34)15-22/h3-18H,1-2H3/b29-17+. The largest absolute Gasteiger partial charge is 0.495 e. The van der Waals surface area contributed by atoms with Gasteiger partial charge in [-0.2, -0.15) is 14.6 Å². The molecule has 0 saturated heterocycles. The minimum absolute atomic E-state index is 0.285. The van der Waals surface area contributed by atoms with Crippen LogP contribution in [0.25, 0.3) is 50.1 Å². The Morgan fingerprint density at radius 2 is 1.68 bits per heavy atom. The van der Waals surface area contributed by atoms with Gasteiger partial charge in [0.15, 0.2) is 5.82 Å². The predicted octanol–water partition coefficient (Wildman–Crippen LogP) is 5.96. The zero-order chi connectivity index (χ0) is 30.4. The first-order valence-corrected chi connectivity index (χ1v) is 14.7. The molecular formula is C33H22ClN5O4S. The molecule has 0 aliphatic heterocycles. The van der Waals surface area contributed by atoms with Gasteiger partial charge in [0, 0.05) is 24.2 Å². The molecule has 0 aliphatic carbocycles. The summed E-state index contributed by atoms with van der Waals surface area (Å²) in [5, 5.41) is 11.6. The lowest BCUT2D eigenvalue weighted by molar-refractivity contribution is -0.131. The summed E-state index contributed by atoms with van der Waals surface area (Å²) in [4.78, 5) is 30.5. The zero-order valence-corrected chi connectivity index (χ0v) is 25.0. The molecule has 0 aliphatic rings. The van der Waals surface area contributed by atoms with Crippen LogP contribution in [0.15, 0.2) is 95.9 Å². The van der Waals surface area contributed by atoms with E-state index in [1.807, 2.05) is 72.9 Å². The molecule has 0 saturated carbocycles. The van der Waals surface area contributed by atoms with Gasteiger partial charge in [0.1, 0.15) is 17.2 Å². The van der Waals surface area contributed by atoms with Crippen molar-refractivity contribution >= 4 is 50.7 Å². The quantitative estimate of drug-likeness (QED) is 0.167. The van der Waals surface area contributed by atoms with Gasteiger partial charge in [-0.05, 0) is 59.3 Å². The maximum absolute atomic E-state index is 13.6. The summed E-state index contributed by atoms with van der Waals surface area (Å²) in [5.74, 6) is 0.695. The fraction of sp³-hybridized carbons (Fsp3) is 0.0606. The van der Waals surface area contributed by atoms with Crippen molar-refractivity contribution in [2.24, 2.45) is 0 Å². The first-order valence-electron chi connectivity index (χ1n) is 13.5. The lowest BCUT2D eigenvalue weighted by Crippen LogP contribution is -2.23. The Kier molecular flexibility index (Phi) is 6.92. The lowest BCUT2D eigenvalue weighted by atomic mass is 10.1. The molecule has 0 unspecified atom stereocenters. The van der Waals surface area contributed by atoms with Crippen LogP contribution >= 0.6 is 22.9 Å². The SMILES string of the molecule is COc1ccc(-c2nn(-c3ccccc3)cc2/C=c2/sc3nc(-c4cc5ccccc5cc4OC(C)=O)nn3c2=O)cc1Cl. The summed E-state index contributed by atoms with van der Waals surface area (Å²) in [6.45, 7) is 1.34. The van der Waals surface area contributed by atoms with E-state index in [9.17, 15) is 9.59 Å². The van der Waals surface area contributed by atoms with E-state index in [0.717, 1.165) is 22.0 Å². The normalized spacial score (nSPS) is 11.8. The molecule has 3 aromatic heterocycles. The van der Waals surface area contributed by atoms with E-state index < -0.39 is 5.97 Å². The number of para-hydroxylation sites is 1. The van der Waals surface area contributed by atoms with Crippen molar-refractivity contribution in [3.8, 4) is 39.8 Å². The molecule has 0 radical (unpaired) electrons. The Morgan fingerprint density at radius 3 is 2.39 bits per heavy atom. The summed E-state index contributed by atoms with van der Waals surface area (Å²) in [7, 11) is 1.56. The zero-order valence-electron chi connectivity index (χ0n) is 23.4. The first-order chi connectivity index (χ1) is 21.4. The van der Waals surface area contributed by atoms with Gasteiger partial charge in [-0.15, -0.1) is 5.10 Å². The maximum atomic E-state index is 13.6. The van der Waals surface area contributed by atoms with E-state index >= 15 is 0 Å². The van der Waals surface area contributed by atoms with E-state index in [1.54, 1.807) is 36.1 Å². The molecule has 7 aromatic rings. The smallest absolute Gasteiger partial charge is 0.308 e. The Hall–Kier alpha value is -5.32. The maximum Gasteiger partial charge on any atom is 0.308 e. The average molecular weight is 620 g/mol. The number of esters is 1. The van der Waals surface area contributed by atoms with Gasteiger partial charge < -0.3 is 9.47 Å². The van der Waals surface area contributed by atoms with E-state index in [1.165, 1.54) is 22.8 Å². The molecular weight excluding hydrogens is 598 g/mol. The fourth-order valence-electron chi connectivity index (χ4n) is 4.97. The van der Waals surface area contributed by atoms with Gasteiger partial charge in [0.2, 0.25) is 4.96 Å². The number of carbonyl (C=O) groups is 1. The molecule has 0 spiro atoms. The van der Waals surface area contributed by atoms with Crippen LogP contribution in [-0.4, -0.2) is 37.5 Å². The number of nitrogens with zero attached hydrogens (tertiary/aromatic N) is 5. The van der Waals surface area contributed by atoms with Crippen molar-refractivity contribution < 1.29 is 14.3 Å². The first kappa shape index (κ1) is 27.5. The second-order valence-electron chi connectivity index (χ2n) is 9.90. The molecule has 0 fully saturated rings. The Bertz CT molecular complexity index is 2330. The molecule has 3 heterocycles. The van der Waals surface area contributed by atoms with E-state index in [4.69, 9.17) is 26.2 Å². The van der Waals surface area contributed by atoms with Gasteiger partial charge in [0.05, 0.1) is 27.9 Å². The molecule has 0 amide bonds. The van der Waals surface area contributed by atoms with Crippen LogP contribution in [0.1, 0.15) is 12.5 Å². The van der Waals surface area contributed by atoms with Crippen LogP contribution in [0.3, 0.4) is 0 Å². The second-order valence-corrected chi connectivity index (χ2v) is 11.3. The topological polar surface area (TPSA) is 101 Å². The van der Waals surface area contributed by atoms with Gasteiger partial charge in [-0.3, -0.25) is 9.59 Å². The van der Waals surface area contributed by atoms with Crippen molar-refractivity contribution in [2.45, 2.75) is 6.92 Å². The number of hydrogen-bond donors (Lipinski definition) is 0. The number of halogens is 1. The molecule has 0 bridgehead atoms. The highest BCUT2D eigenvalue weighted by Crippen LogP contribution is 2.34. The van der Waals surface area contributed by atoms with Crippen LogP contribution in [-0.2, 0) is 4.79 Å². The number of ether oxygens (including phenoxy) is 2. The highest BCUT2D eigenvalue weighted by Gasteiger charge is 2.19. The molecule has 11 heteroatoms. The second kappa shape index (κ2) is 11.1. The third-order valence-corrected chi connectivity index (χ3v) is 8.25. The third kappa shape index (κ3) is 5.00. The van der Waals surface area contributed by atoms with Crippen molar-refractivity contribution in [3.05, 3.63) is 117 Å². The van der Waals surface area contributed by atoms with Gasteiger partial charge >= 0.3 is 5.97 Å². The van der Waals surface area contributed by atoms with Crippen molar-refractivity contribution in [1.82, 2.24) is 24.4 Å². The Morgan fingerprint density at radius 1 is 0.932 bits per heavy atom. The third-order valence-electron chi connectivity index (χ3n) is 7.00. The summed E-state index contributed by atoms with van der Waals surface area (Å²) >= 11 is 7.66. The molecule has 216 valence electrons. The minimum Gasteiger partial charge on any atom is -0.495 e. The molecule has 0 N–H and O–H groups in total. The summed E-state index contributed by atoms with van der Waals surface area (Å²) in [5.41, 5.74) is 3.16. The van der Waals surface area contributed by atoms with Crippen LogP contribution in [0.5, 0.6) is 11.5 Å². The average Bonchev–Trinajstić information content (AvgIpc) is 3.72. The number of methoxy groups -OCH3 is 1. The minimum atomic E-state index is -0.464. The van der Waals surface area contributed by atoms with Gasteiger partial charge in [-0.1, -0.05) is 65.4 Å². The monoisotopic (exact) mass is 619 g/mol. The lowest BCUT2D eigenvalue weighted by Gasteiger charge is -2.08. The number of carbonyl (C=O) groups excluding carboxylic acids is 1. The summed E-state index contributed by atoms with van der Waals surface area (Å²) in [6.07, 6.45) is 3.65. The Labute approximate surface area is 259 Å².